The standard InChI is InChI=1S/C19H25FN4OS/c1-13(2)11-21-18(25)15-4-3-9-24(12-15)19-22-17(23-26-19)10-14-5-7-16(20)8-6-14/h5-8,13,15H,3-4,9-12H2,1-2H3,(H,21,25)/t15-/m1/s1. The Kier molecular flexibility index (Phi) is 6.19. The topological polar surface area (TPSA) is 58.1 Å². The third kappa shape index (κ3) is 5.00. The van der Waals surface area contributed by atoms with Gasteiger partial charge in [0.15, 0.2) is 0 Å². The molecule has 1 amide bonds. The van der Waals surface area contributed by atoms with Crippen molar-refractivity contribution in [2.45, 2.75) is 33.1 Å². The van der Waals surface area contributed by atoms with E-state index in [4.69, 9.17) is 0 Å². The average Bonchev–Trinajstić information content (AvgIpc) is 3.10. The zero-order chi connectivity index (χ0) is 18.5. The van der Waals surface area contributed by atoms with Gasteiger partial charge in [0, 0.05) is 37.6 Å². The summed E-state index contributed by atoms with van der Waals surface area (Å²) in [4.78, 5) is 19.1. The van der Waals surface area contributed by atoms with Gasteiger partial charge in [-0.15, -0.1) is 0 Å². The Labute approximate surface area is 157 Å². The molecule has 3 rings (SSSR count). The molecule has 0 unspecified atom stereocenters. The predicted octanol–water partition coefficient (Wildman–Crippen LogP) is 3.26. The van der Waals surface area contributed by atoms with Crippen LogP contribution in [0.5, 0.6) is 0 Å². The van der Waals surface area contributed by atoms with E-state index in [9.17, 15) is 9.18 Å². The van der Waals surface area contributed by atoms with Crippen LogP contribution in [0.3, 0.4) is 0 Å². The number of nitrogens with zero attached hydrogens (tertiary/aromatic N) is 3. The lowest BCUT2D eigenvalue weighted by Crippen LogP contribution is -2.43. The molecule has 26 heavy (non-hydrogen) atoms. The van der Waals surface area contributed by atoms with E-state index >= 15 is 0 Å². The summed E-state index contributed by atoms with van der Waals surface area (Å²) in [7, 11) is 0. The van der Waals surface area contributed by atoms with Crippen molar-refractivity contribution in [1.82, 2.24) is 14.7 Å². The molecular weight excluding hydrogens is 351 g/mol. The van der Waals surface area contributed by atoms with Gasteiger partial charge < -0.3 is 10.2 Å². The van der Waals surface area contributed by atoms with Gasteiger partial charge in [-0.05, 0) is 36.5 Å². The molecule has 1 aromatic carbocycles. The van der Waals surface area contributed by atoms with Crippen molar-refractivity contribution < 1.29 is 9.18 Å². The van der Waals surface area contributed by atoms with Crippen molar-refractivity contribution in [3.8, 4) is 0 Å². The van der Waals surface area contributed by atoms with Crippen LogP contribution in [0.25, 0.3) is 0 Å². The fourth-order valence-electron chi connectivity index (χ4n) is 3.04. The third-order valence-electron chi connectivity index (χ3n) is 4.48. The first-order chi connectivity index (χ1) is 12.5. The van der Waals surface area contributed by atoms with E-state index in [0.29, 0.717) is 18.9 Å². The van der Waals surface area contributed by atoms with Crippen molar-refractivity contribution in [2.24, 2.45) is 11.8 Å². The lowest BCUT2D eigenvalue weighted by molar-refractivity contribution is -0.125. The molecule has 5 nitrogen and oxygen atoms in total. The number of amides is 1. The van der Waals surface area contributed by atoms with Crippen LogP contribution < -0.4 is 10.2 Å². The van der Waals surface area contributed by atoms with Gasteiger partial charge in [-0.2, -0.15) is 4.37 Å². The van der Waals surface area contributed by atoms with Crippen LogP contribution in [0.15, 0.2) is 24.3 Å². The summed E-state index contributed by atoms with van der Waals surface area (Å²) in [6.07, 6.45) is 2.48. The van der Waals surface area contributed by atoms with Gasteiger partial charge in [0.1, 0.15) is 11.6 Å². The largest absolute Gasteiger partial charge is 0.356 e. The number of aromatic nitrogens is 2. The molecule has 0 spiro atoms. The predicted molar refractivity (Wildman–Crippen MR) is 102 cm³/mol. The van der Waals surface area contributed by atoms with Crippen LogP contribution in [-0.4, -0.2) is 34.9 Å². The molecule has 2 aromatic rings. The summed E-state index contributed by atoms with van der Waals surface area (Å²) in [5.41, 5.74) is 0.986. The first kappa shape index (κ1) is 18.8. The van der Waals surface area contributed by atoms with Crippen LogP contribution in [0.4, 0.5) is 9.52 Å². The van der Waals surface area contributed by atoms with E-state index in [-0.39, 0.29) is 17.6 Å². The van der Waals surface area contributed by atoms with E-state index < -0.39 is 0 Å². The van der Waals surface area contributed by atoms with Gasteiger partial charge >= 0.3 is 0 Å². The van der Waals surface area contributed by atoms with Crippen molar-refractivity contribution in [3.63, 3.8) is 0 Å². The highest BCUT2D eigenvalue weighted by molar-refractivity contribution is 7.09. The summed E-state index contributed by atoms with van der Waals surface area (Å²) in [5, 5.41) is 3.90. The minimum Gasteiger partial charge on any atom is -0.356 e. The van der Waals surface area contributed by atoms with E-state index in [0.717, 1.165) is 42.5 Å². The van der Waals surface area contributed by atoms with Crippen molar-refractivity contribution in [1.29, 1.82) is 0 Å². The molecule has 1 aliphatic heterocycles. The zero-order valence-corrected chi connectivity index (χ0v) is 16.1. The number of carbonyl (C=O) groups excluding carboxylic acids is 1. The second-order valence-corrected chi connectivity index (χ2v) is 7.95. The molecule has 0 radical (unpaired) electrons. The van der Waals surface area contributed by atoms with Crippen molar-refractivity contribution in [2.75, 3.05) is 24.5 Å². The van der Waals surface area contributed by atoms with Crippen molar-refractivity contribution in [3.05, 3.63) is 41.5 Å². The smallest absolute Gasteiger partial charge is 0.224 e. The Morgan fingerprint density at radius 3 is 2.88 bits per heavy atom. The second-order valence-electron chi connectivity index (χ2n) is 7.22. The maximum Gasteiger partial charge on any atom is 0.224 e. The number of hydrogen-bond donors (Lipinski definition) is 1. The number of nitrogens with one attached hydrogen (secondary N) is 1. The SMILES string of the molecule is CC(C)CNC(=O)[C@@H]1CCCN(c2nc(Cc3ccc(F)cc3)ns2)C1. The lowest BCUT2D eigenvalue weighted by Gasteiger charge is -2.31. The van der Waals surface area contributed by atoms with Crippen LogP contribution in [0, 0.1) is 17.7 Å². The van der Waals surface area contributed by atoms with Gasteiger partial charge in [-0.3, -0.25) is 4.79 Å². The molecule has 2 heterocycles. The Morgan fingerprint density at radius 1 is 1.38 bits per heavy atom. The molecule has 0 saturated carbocycles. The molecule has 1 atom stereocenters. The van der Waals surface area contributed by atoms with E-state index in [1.165, 1.54) is 23.7 Å². The summed E-state index contributed by atoms with van der Waals surface area (Å²) < 4.78 is 17.4. The number of piperidine rings is 1. The summed E-state index contributed by atoms with van der Waals surface area (Å²) in [6.45, 7) is 6.50. The number of rotatable bonds is 6. The third-order valence-corrected chi connectivity index (χ3v) is 5.29. The van der Waals surface area contributed by atoms with Gasteiger partial charge in [0.05, 0.1) is 5.92 Å². The zero-order valence-electron chi connectivity index (χ0n) is 15.2. The Balaban J connectivity index is 1.59. The molecule has 7 heteroatoms. The average molecular weight is 377 g/mol. The van der Waals surface area contributed by atoms with Crippen LogP contribution >= 0.6 is 11.5 Å². The lowest BCUT2D eigenvalue weighted by atomic mass is 9.97. The highest BCUT2D eigenvalue weighted by Crippen LogP contribution is 2.25. The molecule has 1 aliphatic rings. The maximum atomic E-state index is 13.0. The highest BCUT2D eigenvalue weighted by Gasteiger charge is 2.27. The van der Waals surface area contributed by atoms with E-state index in [1.54, 1.807) is 12.1 Å². The summed E-state index contributed by atoms with van der Waals surface area (Å²) in [6, 6.07) is 6.42. The fraction of sp³-hybridized carbons (Fsp3) is 0.526. The number of anilines is 1. The van der Waals surface area contributed by atoms with Gasteiger partial charge in [-0.25, -0.2) is 9.37 Å². The summed E-state index contributed by atoms with van der Waals surface area (Å²) in [5.74, 6) is 1.10. The molecule has 1 aromatic heterocycles. The van der Waals surface area contributed by atoms with E-state index in [1.807, 2.05) is 0 Å². The molecule has 140 valence electrons. The van der Waals surface area contributed by atoms with Crippen LogP contribution in [0.1, 0.15) is 38.1 Å². The number of halogens is 1. The first-order valence-corrected chi connectivity index (χ1v) is 9.88. The van der Waals surface area contributed by atoms with Gasteiger partial charge in [0.25, 0.3) is 0 Å². The molecule has 1 fully saturated rings. The normalized spacial score (nSPS) is 17.5. The van der Waals surface area contributed by atoms with Crippen LogP contribution in [-0.2, 0) is 11.2 Å². The molecule has 0 aliphatic carbocycles. The Morgan fingerprint density at radius 2 is 2.15 bits per heavy atom. The summed E-state index contributed by atoms with van der Waals surface area (Å²) >= 11 is 1.37. The Bertz CT molecular complexity index is 731. The van der Waals surface area contributed by atoms with E-state index in [2.05, 4.69) is 33.4 Å². The minimum atomic E-state index is -0.240. The quantitative estimate of drug-likeness (QED) is 0.841. The number of hydrogen-bond acceptors (Lipinski definition) is 5. The molecule has 0 bridgehead atoms. The van der Waals surface area contributed by atoms with Gasteiger partial charge in [-0.1, -0.05) is 26.0 Å². The molecule has 1 saturated heterocycles. The second kappa shape index (κ2) is 8.58. The maximum absolute atomic E-state index is 13.0. The monoisotopic (exact) mass is 376 g/mol. The van der Waals surface area contributed by atoms with Gasteiger partial charge in [0.2, 0.25) is 11.0 Å². The minimum absolute atomic E-state index is 0.00643. The first-order valence-electron chi connectivity index (χ1n) is 9.11. The highest BCUT2D eigenvalue weighted by atomic mass is 32.1. The molecule has 1 N–H and O–H groups in total. The fourth-order valence-corrected chi connectivity index (χ4v) is 3.76. The molecular formula is C19H25FN4OS. The Hall–Kier alpha value is -2.02. The number of benzene rings is 1. The van der Waals surface area contributed by atoms with Crippen molar-refractivity contribution >= 4 is 22.6 Å². The number of carbonyl (C=O) groups is 1. The van der Waals surface area contributed by atoms with Crippen LogP contribution in [0.2, 0.25) is 0 Å².